The lowest BCUT2D eigenvalue weighted by Crippen LogP contribution is -2.27. The van der Waals surface area contributed by atoms with Gasteiger partial charge in [0.05, 0.1) is 6.42 Å². The molecular weight excluding hydrogens is 256 g/mol. The molecular formula is C15H20N2O3. The summed E-state index contributed by atoms with van der Waals surface area (Å²) in [5.74, 6) is -0.928. The molecule has 1 aliphatic carbocycles. The van der Waals surface area contributed by atoms with E-state index in [-0.39, 0.29) is 24.2 Å². The van der Waals surface area contributed by atoms with E-state index in [1.54, 1.807) is 18.5 Å². The Morgan fingerprint density at radius 3 is 2.65 bits per heavy atom. The van der Waals surface area contributed by atoms with Gasteiger partial charge in [-0.05, 0) is 36.8 Å². The van der Waals surface area contributed by atoms with Crippen LogP contribution in [-0.4, -0.2) is 22.0 Å². The minimum absolute atomic E-state index is 0.0791. The number of rotatable bonds is 5. The lowest BCUT2D eigenvalue weighted by atomic mass is 9.79. The molecule has 1 amide bonds. The maximum Gasteiger partial charge on any atom is 0.303 e. The van der Waals surface area contributed by atoms with Crippen molar-refractivity contribution < 1.29 is 14.7 Å². The molecule has 0 atom stereocenters. The van der Waals surface area contributed by atoms with Gasteiger partial charge in [-0.15, -0.1) is 0 Å². The molecule has 0 aliphatic heterocycles. The number of nitrogens with zero attached hydrogens (tertiary/aromatic N) is 1. The van der Waals surface area contributed by atoms with Gasteiger partial charge in [0, 0.05) is 24.5 Å². The summed E-state index contributed by atoms with van der Waals surface area (Å²) >= 11 is 0. The summed E-state index contributed by atoms with van der Waals surface area (Å²) in [5.41, 5.74) is 1.28. The second-order valence-corrected chi connectivity index (χ2v) is 5.69. The number of carbonyl (C=O) groups is 2. The summed E-state index contributed by atoms with van der Waals surface area (Å²) in [5, 5.41) is 11.9. The molecule has 108 valence electrons. The molecule has 1 fully saturated rings. The maximum absolute atomic E-state index is 12.2. The smallest absolute Gasteiger partial charge is 0.303 e. The fraction of sp³-hybridized carbons (Fsp3) is 0.533. The highest BCUT2D eigenvalue weighted by molar-refractivity contribution is 5.92. The first-order valence-electron chi connectivity index (χ1n) is 6.93. The second-order valence-electron chi connectivity index (χ2n) is 5.69. The zero-order chi connectivity index (χ0) is 14.6. The van der Waals surface area contributed by atoms with Gasteiger partial charge in [-0.2, -0.15) is 0 Å². The molecule has 1 aromatic rings. The molecule has 1 aliphatic rings. The monoisotopic (exact) mass is 276 g/mol. The predicted molar refractivity (Wildman–Crippen MR) is 75.4 cm³/mol. The molecule has 2 N–H and O–H groups in total. The molecule has 0 unspecified atom stereocenters. The van der Waals surface area contributed by atoms with Crippen molar-refractivity contribution >= 4 is 17.6 Å². The number of carboxylic acids is 1. The van der Waals surface area contributed by atoms with Crippen molar-refractivity contribution in [2.24, 2.45) is 5.41 Å². The summed E-state index contributed by atoms with van der Waals surface area (Å²) in [6.45, 7) is 1.88. The standard InChI is InChI=1S/C15H20N2O3/c1-11-10-16-7-4-12(11)17-13(18)8-15(9-14(19)20)5-2-3-6-15/h4,7,10H,2-3,5-6,8-9H2,1H3,(H,19,20)(H,16,17,18). The number of amides is 1. The Labute approximate surface area is 118 Å². The Morgan fingerprint density at radius 2 is 2.05 bits per heavy atom. The van der Waals surface area contributed by atoms with E-state index >= 15 is 0 Å². The van der Waals surface area contributed by atoms with Crippen LogP contribution in [0.3, 0.4) is 0 Å². The number of aliphatic carboxylic acids is 1. The van der Waals surface area contributed by atoms with E-state index in [4.69, 9.17) is 5.11 Å². The van der Waals surface area contributed by atoms with Gasteiger partial charge in [-0.25, -0.2) is 0 Å². The first-order chi connectivity index (χ1) is 9.51. The number of carbonyl (C=O) groups excluding carboxylic acids is 1. The molecule has 5 heteroatoms. The molecule has 2 rings (SSSR count). The first kappa shape index (κ1) is 14.5. The third-order valence-corrected chi connectivity index (χ3v) is 4.02. The van der Waals surface area contributed by atoms with Crippen LogP contribution in [0.25, 0.3) is 0 Å². The highest BCUT2D eigenvalue weighted by Crippen LogP contribution is 2.44. The molecule has 1 heterocycles. The predicted octanol–water partition coefficient (Wildman–Crippen LogP) is 2.75. The average Bonchev–Trinajstić information content (AvgIpc) is 2.79. The zero-order valence-electron chi connectivity index (χ0n) is 11.7. The van der Waals surface area contributed by atoms with Gasteiger partial charge >= 0.3 is 5.97 Å². The van der Waals surface area contributed by atoms with Crippen LogP contribution in [0.1, 0.15) is 44.1 Å². The minimum Gasteiger partial charge on any atom is -0.481 e. The van der Waals surface area contributed by atoms with E-state index in [9.17, 15) is 9.59 Å². The highest BCUT2D eigenvalue weighted by atomic mass is 16.4. The van der Waals surface area contributed by atoms with Crippen LogP contribution in [0.4, 0.5) is 5.69 Å². The third-order valence-electron chi connectivity index (χ3n) is 4.02. The lowest BCUT2D eigenvalue weighted by Gasteiger charge is -2.26. The first-order valence-corrected chi connectivity index (χ1v) is 6.93. The molecule has 0 saturated heterocycles. The fourth-order valence-electron chi connectivity index (χ4n) is 3.01. The summed E-state index contributed by atoms with van der Waals surface area (Å²) in [6, 6.07) is 1.76. The van der Waals surface area contributed by atoms with Crippen LogP contribution >= 0.6 is 0 Å². The molecule has 0 aromatic carbocycles. The van der Waals surface area contributed by atoms with Crippen LogP contribution in [0, 0.1) is 12.3 Å². The minimum atomic E-state index is -0.820. The third kappa shape index (κ3) is 3.56. The Bertz CT molecular complexity index is 508. The van der Waals surface area contributed by atoms with E-state index in [1.165, 1.54) is 0 Å². The average molecular weight is 276 g/mol. The molecule has 1 aromatic heterocycles. The Hall–Kier alpha value is -1.91. The van der Waals surface area contributed by atoms with Crippen LogP contribution in [0.5, 0.6) is 0 Å². The van der Waals surface area contributed by atoms with Crippen molar-refractivity contribution in [1.29, 1.82) is 0 Å². The van der Waals surface area contributed by atoms with Crippen molar-refractivity contribution in [2.75, 3.05) is 5.32 Å². The SMILES string of the molecule is Cc1cnccc1NC(=O)CC1(CC(=O)O)CCCC1. The van der Waals surface area contributed by atoms with Crippen LogP contribution in [0.15, 0.2) is 18.5 Å². The normalized spacial score (nSPS) is 16.9. The molecule has 1 saturated carbocycles. The molecule has 0 radical (unpaired) electrons. The van der Waals surface area contributed by atoms with E-state index in [1.807, 2.05) is 6.92 Å². The Kier molecular flexibility index (Phi) is 4.37. The quantitative estimate of drug-likeness (QED) is 0.866. The number of pyridine rings is 1. The molecule has 0 spiro atoms. The van der Waals surface area contributed by atoms with Crippen LogP contribution < -0.4 is 5.32 Å². The Morgan fingerprint density at radius 1 is 1.35 bits per heavy atom. The summed E-state index contributed by atoms with van der Waals surface area (Å²) in [4.78, 5) is 27.2. The zero-order valence-corrected chi connectivity index (χ0v) is 11.7. The summed E-state index contributed by atoms with van der Waals surface area (Å²) in [7, 11) is 0. The molecule has 0 bridgehead atoms. The number of carboxylic acid groups (broad SMARTS) is 1. The largest absolute Gasteiger partial charge is 0.481 e. The van der Waals surface area contributed by atoms with Crippen LogP contribution in [-0.2, 0) is 9.59 Å². The van der Waals surface area contributed by atoms with Crippen molar-refractivity contribution in [3.63, 3.8) is 0 Å². The van der Waals surface area contributed by atoms with E-state index in [0.717, 1.165) is 36.9 Å². The summed E-state index contributed by atoms with van der Waals surface area (Å²) < 4.78 is 0. The molecule has 5 nitrogen and oxygen atoms in total. The van der Waals surface area contributed by atoms with Gasteiger partial charge in [0.1, 0.15) is 0 Å². The van der Waals surface area contributed by atoms with Crippen molar-refractivity contribution in [1.82, 2.24) is 4.98 Å². The van der Waals surface area contributed by atoms with Crippen molar-refractivity contribution in [2.45, 2.75) is 45.4 Å². The number of aromatic nitrogens is 1. The van der Waals surface area contributed by atoms with Gasteiger partial charge in [-0.1, -0.05) is 12.8 Å². The topological polar surface area (TPSA) is 79.3 Å². The maximum atomic E-state index is 12.2. The number of hydrogen-bond donors (Lipinski definition) is 2. The summed E-state index contributed by atoms with van der Waals surface area (Å²) in [6.07, 6.45) is 7.34. The van der Waals surface area contributed by atoms with Crippen molar-refractivity contribution in [3.05, 3.63) is 24.0 Å². The van der Waals surface area contributed by atoms with E-state index < -0.39 is 5.97 Å². The molecule has 20 heavy (non-hydrogen) atoms. The second kappa shape index (κ2) is 6.03. The Balaban J connectivity index is 2.02. The van der Waals surface area contributed by atoms with Gasteiger partial charge in [-0.3, -0.25) is 14.6 Å². The van der Waals surface area contributed by atoms with Gasteiger partial charge in [0.15, 0.2) is 0 Å². The number of hydrogen-bond acceptors (Lipinski definition) is 3. The number of aryl methyl sites for hydroxylation is 1. The van der Waals surface area contributed by atoms with E-state index in [2.05, 4.69) is 10.3 Å². The van der Waals surface area contributed by atoms with E-state index in [0.29, 0.717) is 0 Å². The van der Waals surface area contributed by atoms with Gasteiger partial charge in [0.2, 0.25) is 5.91 Å². The highest BCUT2D eigenvalue weighted by Gasteiger charge is 2.37. The van der Waals surface area contributed by atoms with Crippen molar-refractivity contribution in [3.8, 4) is 0 Å². The lowest BCUT2D eigenvalue weighted by molar-refractivity contribution is -0.140. The number of nitrogens with one attached hydrogen (secondary N) is 1. The van der Waals surface area contributed by atoms with Gasteiger partial charge in [0.25, 0.3) is 0 Å². The van der Waals surface area contributed by atoms with Crippen LogP contribution in [0.2, 0.25) is 0 Å². The number of anilines is 1. The van der Waals surface area contributed by atoms with Gasteiger partial charge < -0.3 is 10.4 Å². The fourth-order valence-corrected chi connectivity index (χ4v) is 3.01.